The van der Waals surface area contributed by atoms with E-state index in [0.29, 0.717) is 6.61 Å². The van der Waals surface area contributed by atoms with Crippen LogP contribution in [0.25, 0.3) is 0 Å². The first kappa shape index (κ1) is 14.3. The summed E-state index contributed by atoms with van der Waals surface area (Å²) in [6.45, 7) is 4.00. The molecule has 1 fully saturated rings. The molecule has 3 rings (SSSR count). The zero-order valence-electron chi connectivity index (χ0n) is 12.1. The van der Waals surface area contributed by atoms with Gasteiger partial charge < -0.3 is 9.84 Å². The second-order valence-corrected chi connectivity index (χ2v) is 5.41. The zero-order valence-corrected chi connectivity index (χ0v) is 12.1. The molecule has 5 heteroatoms. The molecule has 0 saturated carbocycles. The molecular formula is C16H21N3O2. The van der Waals surface area contributed by atoms with Crippen molar-refractivity contribution >= 4 is 0 Å². The smallest absolute Gasteiger partial charge is 0.0659 e. The van der Waals surface area contributed by atoms with Gasteiger partial charge in [-0.05, 0) is 17.2 Å². The number of aliphatic hydroxyl groups excluding tert-OH is 1. The van der Waals surface area contributed by atoms with Crippen LogP contribution in [0.2, 0.25) is 0 Å². The highest BCUT2D eigenvalue weighted by Crippen LogP contribution is 2.14. The largest absolute Gasteiger partial charge is 0.395 e. The number of rotatable bonds is 5. The third-order valence-corrected chi connectivity index (χ3v) is 3.84. The molecular weight excluding hydrogens is 266 g/mol. The van der Waals surface area contributed by atoms with Gasteiger partial charge in [-0.1, -0.05) is 24.3 Å². The fraction of sp³-hybridized carbons (Fsp3) is 0.438. The van der Waals surface area contributed by atoms with E-state index in [1.807, 2.05) is 16.9 Å². The first-order chi connectivity index (χ1) is 10.3. The van der Waals surface area contributed by atoms with Gasteiger partial charge in [-0.25, -0.2) is 0 Å². The van der Waals surface area contributed by atoms with Gasteiger partial charge in [0.1, 0.15) is 0 Å². The van der Waals surface area contributed by atoms with Crippen molar-refractivity contribution in [2.75, 3.05) is 26.4 Å². The zero-order chi connectivity index (χ0) is 14.5. The van der Waals surface area contributed by atoms with E-state index in [1.165, 1.54) is 11.1 Å². The summed E-state index contributed by atoms with van der Waals surface area (Å²) in [5.41, 5.74) is 2.50. The lowest BCUT2D eigenvalue weighted by Crippen LogP contribution is -2.46. The van der Waals surface area contributed by atoms with E-state index in [2.05, 4.69) is 34.3 Å². The molecule has 1 aromatic heterocycles. The average Bonchev–Trinajstić information content (AvgIpc) is 3.01. The van der Waals surface area contributed by atoms with Crippen molar-refractivity contribution in [2.45, 2.75) is 19.1 Å². The van der Waals surface area contributed by atoms with Crippen LogP contribution in [0, 0.1) is 0 Å². The molecule has 0 radical (unpaired) electrons. The summed E-state index contributed by atoms with van der Waals surface area (Å²) in [6, 6.07) is 10.6. The molecule has 0 bridgehead atoms. The lowest BCUT2D eigenvalue weighted by molar-refractivity contribution is -0.0312. The molecule has 1 aromatic carbocycles. The molecule has 0 amide bonds. The van der Waals surface area contributed by atoms with Crippen LogP contribution in [-0.2, 0) is 17.8 Å². The Labute approximate surface area is 124 Å². The van der Waals surface area contributed by atoms with Crippen molar-refractivity contribution in [3.05, 3.63) is 53.9 Å². The fourth-order valence-corrected chi connectivity index (χ4v) is 2.71. The minimum absolute atomic E-state index is 0.105. The van der Waals surface area contributed by atoms with Gasteiger partial charge in [-0.15, -0.1) is 0 Å². The van der Waals surface area contributed by atoms with E-state index in [4.69, 9.17) is 4.74 Å². The molecule has 2 aromatic rings. The Balaban J connectivity index is 1.67. The monoisotopic (exact) mass is 287 g/mol. The van der Waals surface area contributed by atoms with E-state index in [-0.39, 0.29) is 12.6 Å². The Morgan fingerprint density at radius 2 is 2.10 bits per heavy atom. The number of benzene rings is 1. The van der Waals surface area contributed by atoms with Crippen molar-refractivity contribution < 1.29 is 9.84 Å². The molecule has 1 atom stereocenters. The van der Waals surface area contributed by atoms with Crippen LogP contribution < -0.4 is 0 Å². The lowest BCUT2D eigenvalue weighted by atomic mass is 10.1. The molecule has 1 unspecified atom stereocenters. The lowest BCUT2D eigenvalue weighted by Gasteiger charge is -2.34. The molecule has 2 heterocycles. The van der Waals surface area contributed by atoms with Crippen LogP contribution in [0.5, 0.6) is 0 Å². The standard InChI is InChI=1S/C16H21N3O2/c20-12-16-13-21-8-7-18(16)10-14-3-1-4-15(9-14)11-19-6-2-5-17-19/h1-6,9,16,20H,7-8,10-13H2. The van der Waals surface area contributed by atoms with Crippen molar-refractivity contribution in [2.24, 2.45) is 0 Å². The third-order valence-electron chi connectivity index (χ3n) is 3.84. The van der Waals surface area contributed by atoms with Crippen LogP contribution in [-0.4, -0.2) is 52.2 Å². The van der Waals surface area contributed by atoms with Gasteiger partial charge >= 0.3 is 0 Å². The van der Waals surface area contributed by atoms with E-state index in [1.54, 1.807) is 6.20 Å². The predicted molar refractivity (Wildman–Crippen MR) is 79.9 cm³/mol. The number of hydrogen-bond donors (Lipinski definition) is 1. The van der Waals surface area contributed by atoms with Crippen LogP contribution in [0.4, 0.5) is 0 Å². The second-order valence-electron chi connectivity index (χ2n) is 5.41. The molecule has 112 valence electrons. The minimum atomic E-state index is 0.105. The molecule has 21 heavy (non-hydrogen) atoms. The Kier molecular flexibility index (Phi) is 4.65. The highest BCUT2D eigenvalue weighted by molar-refractivity contribution is 5.23. The Morgan fingerprint density at radius 1 is 1.24 bits per heavy atom. The summed E-state index contributed by atoms with van der Waals surface area (Å²) in [5, 5.41) is 13.7. The first-order valence-corrected chi connectivity index (χ1v) is 7.33. The van der Waals surface area contributed by atoms with Crippen LogP contribution in [0.1, 0.15) is 11.1 Å². The third kappa shape index (κ3) is 3.69. The maximum absolute atomic E-state index is 9.43. The molecule has 1 saturated heterocycles. The molecule has 1 N–H and O–H groups in total. The molecule has 1 aliphatic rings. The average molecular weight is 287 g/mol. The van der Waals surface area contributed by atoms with Gasteiger partial charge in [0.25, 0.3) is 0 Å². The highest BCUT2D eigenvalue weighted by Gasteiger charge is 2.22. The summed E-state index contributed by atoms with van der Waals surface area (Å²) in [4.78, 5) is 2.29. The van der Waals surface area contributed by atoms with Crippen molar-refractivity contribution in [1.29, 1.82) is 0 Å². The number of morpholine rings is 1. The Bertz CT molecular complexity index is 556. The Morgan fingerprint density at radius 3 is 2.86 bits per heavy atom. The van der Waals surface area contributed by atoms with E-state index in [9.17, 15) is 5.11 Å². The quantitative estimate of drug-likeness (QED) is 0.895. The van der Waals surface area contributed by atoms with Crippen molar-refractivity contribution in [3.63, 3.8) is 0 Å². The van der Waals surface area contributed by atoms with Crippen LogP contribution in [0.3, 0.4) is 0 Å². The second kappa shape index (κ2) is 6.85. The molecule has 0 aliphatic carbocycles. The summed E-state index contributed by atoms with van der Waals surface area (Å²) < 4.78 is 7.34. The molecule has 5 nitrogen and oxygen atoms in total. The highest BCUT2D eigenvalue weighted by atomic mass is 16.5. The van der Waals surface area contributed by atoms with Crippen molar-refractivity contribution in [3.8, 4) is 0 Å². The number of ether oxygens (including phenoxy) is 1. The fourth-order valence-electron chi connectivity index (χ4n) is 2.71. The van der Waals surface area contributed by atoms with E-state index >= 15 is 0 Å². The number of aliphatic hydroxyl groups is 1. The molecule has 1 aliphatic heterocycles. The number of nitrogens with zero attached hydrogens (tertiary/aromatic N) is 3. The van der Waals surface area contributed by atoms with E-state index in [0.717, 1.165) is 26.2 Å². The maximum Gasteiger partial charge on any atom is 0.0659 e. The summed E-state index contributed by atoms with van der Waals surface area (Å²) >= 11 is 0. The number of aromatic nitrogens is 2. The normalized spacial score (nSPS) is 19.8. The predicted octanol–water partition coefficient (Wildman–Crippen LogP) is 1.12. The van der Waals surface area contributed by atoms with Gasteiger partial charge in [0, 0.05) is 25.5 Å². The molecule has 0 spiro atoms. The van der Waals surface area contributed by atoms with Crippen LogP contribution in [0.15, 0.2) is 42.7 Å². The van der Waals surface area contributed by atoms with Gasteiger partial charge in [-0.3, -0.25) is 9.58 Å². The topological polar surface area (TPSA) is 50.5 Å². The van der Waals surface area contributed by atoms with Gasteiger partial charge in [0.2, 0.25) is 0 Å². The van der Waals surface area contributed by atoms with Crippen LogP contribution >= 0.6 is 0 Å². The number of hydrogen-bond acceptors (Lipinski definition) is 4. The SMILES string of the molecule is OCC1COCCN1Cc1cccc(Cn2cccn2)c1. The van der Waals surface area contributed by atoms with E-state index < -0.39 is 0 Å². The van der Waals surface area contributed by atoms with Gasteiger partial charge in [0.05, 0.1) is 32.4 Å². The maximum atomic E-state index is 9.43. The first-order valence-electron chi connectivity index (χ1n) is 7.33. The van der Waals surface area contributed by atoms with Crippen molar-refractivity contribution in [1.82, 2.24) is 14.7 Å². The summed E-state index contributed by atoms with van der Waals surface area (Å²) in [6.07, 6.45) is 3.76. The van der Waals surface area contributed by atoms with Gasteiger partial charge in [0.15, 0.2) is 0 Å². The van der Waals surface area contributed by atoms with Gasteiger partial charge in [-0.2, -0.15) is 5.10 Å². The summed E-state index contributed by atoms with van der Waals surface area (Å²) in [7, 11) is 0. The summed E-state index contributed by atoms with van der Waals surface area (Å²) in [5.74, 6) is 0. The Hall–Kier alpha value is -1.69. The minimum Gasteiger partial charge on any atom is -0.395 e.